The van der Waals surface area contributed by atoms with Gasteiger partial charge in [-0.05, 0) is 56.8 Å². The number of rotatable bonds is 8. The molecular weight excluding hydrogens is 496 g/mol. The van der Waals surface area contributed by atoms with Crippen LogP contribution in [0.25, 0.3) is 0 Å². The molecule has 4 rings (SSSR count). The van der Waals surface area contributed by atoms with Crippen molar-refractivity contribution in [3.05, 3.63) is 70.8 Å². The molecule has 0 aromatic heterocycles. The summed E-state index contributed by atoms with van der Waals surface area (Å²) in [6.45, 7) is 11.2. The molecule has 0 radical (unpaired) electrons. The lowest BCUT2D eigenvalue weighted by molar-refractivity contribution is -0.276. The van der Waals surface area contributed by atoms with Crippen LogP contribution >= 0.6 is 0 Å². The van der Waals surface area contributed by atoms with E-state index in [1.807, 2.05) is 69.3 Å². The summed E-state index contributed by atoms with van der Waals surface area (Å²) in [5.74, 6) is -0.237. The summed E-state index contributed by atoms with van der Waals surface area (Å²) in [4.78, 5) is 26.5. The van der Waals surface area contributed by atoms with Crippen molar-refractivity contribution in [2.24, 2.45) is 5.92 Å². The standard InChI is InChI=1S/C31H42N2O6/c1-20-27(18-33-16-6-7-26(33)29(36)39-31(3,4)5)37-30(25-14-8-22(9-15-25)17-32-21(2)35)38-28(20)24-12-10-23(19-34)11-13-24/h8-15,20,26-28,30,34H,6-7,16-19H2,1-5H3,(H,32,35)/t20-,26+,27+,28+,30+/m1/s1. The number of benzene rings is 2. The van der Waals surface area contributed by atoms with E-state index in [1.54, 1.807) is 0 Å². The third-order valence-electron chi connectivity index (χ3n) is 7.37. The second kappa shape index (κ2) is 12.6. The second-order valence-electron chi connectivity index (χ2n) is 11.7. The number of hydrogen-bond acceptors (Lipinski definition) is 7. The van der Waals surface area contributed by atoms with E-state index < -0.39 is 11.9 Å². The molecule has 8 heteroatoms. The van der Waals surface area contributed by atoms with E-state index in [2.05, 4.69) is 17.1 Å². The number of ether oxygens (including phenoxy) is 3. The highest BCUT2D eigenvalue weighted by Gasteiger charge is 2.42. The zero-order chi connectivity index (χ0) is 28.2. The number of hydrogen-bond donors (Lipinski definition) is 2. The number of amides is 1. The fourth-order valence-corrected chi connectivity index (χ4v) is 5.26. The zero-order valence-corrected chi connectivity index (χ0v) is 23.7. The molecule has 0 saturated carbocycles. The van der Waals surface area contributed by atoms with Crippen LogP contribution in [-0.2, 0) is 37.0 Å². The highest BCUT2D eigenvalue weighted by Crippen LogP contribution is 2.42. The van der Waals surface area contributed by atoms with Gasteiger partial charge in [0.05, 0.1) is 18.8 Å². The molecule has 0 unspecified atom stereocenters. The molecular formula is C31H42N2O6. The Morgan fingerprint density at radius 3 is 2.28 bits per heavy atom. The number of nitrogens with zero attached hydrogens (tertiary/aromatic N) is 1. The molecule has 2 aromatic rings. The van der Waals surface area contributed by atoms with Crippen LogP contribution in [0.15, 0.2) is 48.5 Å². The van der Waals surface area contributed by atoms with Gasteiger partial charge >= 0.3 is 5.97 Å². The summed E-state index contributed by atoms with van der Waals surface area (Å²) in [5.41, 5.74) is 3.21. The predicted molar refractivity (Wildman–Crippen MR) is 147 cm³/mol. The average molecular weight is 539 g/mol. The van der Waals surface area contributed by atoms with Gasteiger partial charge in [-0.15, -0.1) is 0 Å². The summed E-state index contributed by atoms with van der Waals surface area (Å²) >= 11 is 0. The molecule has 8 nitrogen and oxygen atoms in total. The maximum absolute atomic E-state index is 13.0. The van der Waals surface area contributed by atoms with Gasteiger partial charge < -0.3 is 24.6 Å². The Balaban J connectivity index is 1.56. The van der Waals surface area contributed by atoms with E-state index in [1.165, 1.54) is 6.92 Å². The number of aliphatic hydroxyl groups excluding tert-OH is 1. The Hall–Kier alpha value is -2.78. The van der Waals surface area contributed by atoms with Crippen LogP contribution in [0.5, 0.6) is 0 Å². The smallest absolute Gasteiger partial charge is 0.323 e. The van der Waals surface area contributed by atoms with Crippen LogP contribution in [0.3, 0.4) is 0 Å². The maximum Gasteiger partial charge on any atom is 0.323 e. The van der Waals surface area contributed by atoms with E-state index in [-0.39, 0.29) is 42.7 Å². The summed E-state index contributed by atoms with van der Waals surface area (Å²) in [5, 5.41) is 12.3. The average Bonchev–Trinajstić information content (AvgIpc) is 3.36. The fourth-order valence-electron chi connectivity index (χ4n) is 5.26. The molecule has 0 aliphatic carbocycles. The topological polar surface area (TPSA) is 97.3 Å². The largest absolute Gasteiger partial charge is 0.459 e. The van der Waals surface area contributed by atoms with Crippen molar-refractivity contribution in [2.75, 3.05) is 13.1 Å². The van der Waals surface area contributed by atoms with Crippen molar-refractivity contribution in [3.8, 4) is 0 Å². The van der Waals surface area contributed by atoms with E-state index in [4.69, 9.17) is 14.2 Å². The normalized spacial score (nSPS) is 25.8. The molecule has 2 aromatic carbocycles. The molecule has 0 bridgehead atoms. The Morgan fingerprint density at radius 2 is 1.67 bits per heavy atom. The molecule has 2 heterocycles. The maximum atomic E-state index is 13.0. The minimum atomic E-state index is -0.592. The molecule has 2 aliphatic rings. The lowest BCUT2D eigenvalue weighted by Crippen LogP contribution is -2.48. The van der Waals surface area contributed by atoms with Gasteiger partial charge in [0.2, 0.25) is 5.91 Å². The first-order valence-electron chi connectivity index (χ1n) is 13.8. The highest BCUT2D eigenvalue weighted by molar-refractivity contribution is 5.76. The molecule has 2 N–H and O–H groups in total. The van der Waals surface area contributed by atoms with E-state index in [9.17, 15) is 14.7 Å². The second-order valence-corrected chi connectivity index (χ2v) is 11.7. The van der Waals surface area contributed by atoms with Crippen LogP contribution in [0.1, 0.15) is 82.1 Å². The number of carbonyl (C=O) groups excluding carboxylic acids is 2. The Labute approximate surface area is 231 Å². The van der Waals surface area contributed by atoms with Crippen LogP contribution in [-0.4, -0.2) is 52.7 Å². The van der Waals surface area contributed by atoms with Crippen LogP contribution in [0.2, 0.25) is 0 Å². The summed E-state index contributed by atoms with van der Waals surface area (Å²) < 4.78 is 18.9. The van der Waals surface area contributed by atoms with Crippen molar-refractivity contribution < 1.29 is 28.9 Å². The van der Waals surface area contributed by atoms with Gasteiger partial charge in [-0.3, -0.25) is 14.5 Å². The molecule has 1 amide bonds. The monoisotopic (exact) mass is 538 g/mol. The summed E-state index contributed by atoms with van der Waals surface area (Å²) in [6, 6.07) is 15.4. The van der Waals surface area contributed by atoms with Gasteiger partial charge in [-0.2, -0.15) is 0 Å². The first-order valence-corrected chi connectivity index (χ1v) is 13.8. The summed E-state index contributed by atoms with van der Waals surface area (Å²) in [6.07, 6.45) is 0.701. The van der Waals surface area contributed by atoms with Crippen molar-refractivity contribution >= 4 is 11.9 Å². The van der Waals surface area contributed by atoms with E-state index in [0.29, 0.717) is 13.1 Å². The van der Waals surface area contributed by atoms with Crippen molar-refractivity contribution in [2.45, 2.75) is 90.8 Å². The van der Waals surface area contributed by atoms with Gasteiger partial charge in [-0.25, -0.2) is 0 Å². The number of carbonyl (C=O) groups is 2. The number of likely N-dealkylation sites (tertiary alicyclic amines) is 1. The predicted octanol–water partition coefficient (Wildman–Crippen LogP) is 4.41. The fraction of sp³-hybridized carbons (Fsp3) is 0.548. The van der Waals surface area contributed by atoms with E-state index >= 15 is 0 Å². The molecule has 39 heavy (non-hydrogen) atoms. The van der Waals surface area contributed by atoms with Gasteiger partial charge in [0, 0.05) is 31.5 Å². The zero-order valence-electron chi connectivity index (χ0n) is 23.7. The molecule has 2 saturated heterocycles. The molecule has 2 aliphatic heterocycles. The third-order valence-corrected chi connectivity index (χ3v) is 7.37. The number of nitrogens with one attached hydrogen (secondary N) is 1. The Kier molecular flexibility index (Phi) is 9.43. The number of aliphatic hydroxyl groups is 1. The van der Waals surface area contributed by atoms with Gasteiger partial charge in [0.15, 0.2) is 6.29 Å². The highest BCUT2D eigenvalue weighted by atomic mass is 16.7. The van der Waals surface area contributed by atoms with Gasteiger partial charge in [-0.1, -0.05) is 55.5 Å². The lowest BCUT2D eigenvalue weighted by atomic mass is 9.90. The molecule has 5 atom stereocenters. The van der Waals surface area contributed by atoms with Gasteiger partial charge in [0.25, 0.3) is 0 Å². The minimum absolute atomic E-state index is 0.0123. The van der Waals surface area contributed by atoms with Crippen molar-refractivity contribution in [1.29, 1.82) is 0 Å². The van der Waals surface area contributed by atoms with Gasteiger partial charge in [0.1, 0.15) is 11.6 Å². The molecule has 0 spiro atoms. The first-order chi connectivity index (χ1) is 18.5. The molecule has 212 valence electrons. The SMILES string of the molecule is CC(=O)NCc1ccc([C@H]2O[C@@H](CN3CCC[C@H]3C(=O)OC(C)(C)C)[C@@H](C)[C@@H](c3ccc(CO)cc3)O2)cc1. The van der Waals surface area contributed by atoms with Crippen molar-refractivity contribution in [1.82, 2.24) is 10.2 Å². The van der Waals surface area contributed by atoms with Crippen LogP contribution in [0, 0.1) is 5.92 Å². The number of esters is 1. The van der Waals surface area contributed by atoms with E-state index in [0.717, 1.165) is 41.6 Å². The minimum Gasteiger partial charge on any atom is -0.459 e. The quantitative estimate of drug-likeness (QED) is 0.481. The van der Waals surface area contributed by atoms with Crippen LogP contribution in [0.4, 0.5) is 0 Å². The lowest BCUT2D eigenvalue weighted by Gasteiger charge is -2.43. The Bertz CT molecular complexity index is 1110. The molecule has 2 fully saturated rings. The first kappa shape index (κ1) is 29.2. The van der Waals surface area contributed by atoms with Crippen LogP contribution < -0.4 is 5.32 Å². The Morgan fingerprint density at radius 1 is 1.03 bits per heavy atom. The third kappa shape index (κ3) is 7.66. The summed E-state index contributed by atoms with van der Waals surface area (Å²) in [7, 11) is 0. The van der Waals surface area contributed by atoms with Crippen molar-refractivity contribution in [3.63, 3.8) is 0 Å².